The highest BCUT2D eigenvalue weighted by molar-refractivity contribution is 5.12. The van der Waals surface area contributed by atoms with Crippen LogP contribution in [0, 0.1) is 17.8 Å². The van der Waals surface area contributed by atoms with Gasteiger partial charge in [-0.3, -0.25) is 4.68 Å². The molecule has 2 rings (SSSR count). The van der Waals surface area contributed by atoms with Crippen LogP contribution in [-0.2, 0) is 6.54 Å². The van der Waals surface area contributed by atoms with Gasteiger partial charge in [0, 0.05) is 24.4 Å². The fourth-order valence-corrected chi connectivity index (χ4v) is 3.73. The maximum Gasteiger partial charge on any atom is 0.0492 e. The smallest absolute Gasteiger partial charge is 0.0492 e. The summed E-state index contributed by atoms with van der Waals surface area (Å²) in [7, 11) is 0. The van der Waals surface area contributed by atoms with Crippen molar-refractivity contribution >= 4 is 0 Å². The summed E-state index contributed by atoms with van der Waals surface area (Å²) in [6.45, 7) is 12.4. The zero-order chi connectivity index (χ0) is 14.5. The molecule has 0 bridgehead atoms. The highest BCUT2D eigenvalue weighted by Crippen LogP contribution is 2.42. The van der Waals surface area contributed by atoms with Crippen LogP contribution in [0.15, 0.2) is 12.3 Å². The summed E-state index contributed by atoms with van der Waals surface area (Å²) >= 11 is 0. The molecule has 1 heterocycles. The molecule has 3 atom stereocenters. The second-order valence-corrected chi connectivity index (χ2v) is 6.56. The van der Waals surface area contributed by atoms with Crippen molar-refractivity contribution in [3.63, 3.8) is 0 Å². The molecule has 0 saturated heterocycles. The maximum atomic E-state index is 4.49. The molecule has 0 aromatic carbocycles. The van der Waals surface area contributed by atoms with Crippen molar-refractivity contribution < 1.29 is 0 Å². The zero-order valence-corrected chi connectivity index (χ0v) is 13.6. The molecule has 0 radical (unpaired) electrons. The van der Waals surface area contributed by atoms with Crippen LogP contribution >= 0.6 is 0 Å². The number of hydrogen-bond donors (Lipinski definition) is 1. The second kappa shape index (κ2) is 7.26. The molecule has 3 unspecified atom stereocenters. The summed E-state index contributed by atoms with van der Waals surface area (Å²) in [4.78, 5) is 0. The summed E-state index contributed by atoms with van der Waals surface area (Å²) in [5.74, 6) is 3.12. The normalized spacial score (nSPS) is 27.1. The van der Waals surface area contributed by atoms with Crippen molar-refractivity contribution in [2.24, 2.45) is 17.8 Å². The van der Waals surface area contributed by atoms with Gasteiger partial charge < -0.3 is 5.32 Å². The van der Waals surface area contributed by atoms with Crippen LogP contribution in [-0.4, -0.2) is 22.9 Å². The van der Waals surface area contributed by atoms with E-state index in [0.29, 0.717) is 5.92 Å². The largest absolute Gasteiger partial charge is 0.317 e. The minimum atomic E-state index is 0.678. The lowest BCUT2D eigenvalue weighted by Crippen LogP contribution is -2.34. The summed E-state index contributed by atoms with van der Waals surface area (Å²) in [5, 5.41) is 8.05. The van der Waals surface area contributed by atoms with Crippen LogP contribution in [0.4, 0.5) is 0 Å². The van der Waals surface area contributed by atoms with Crippen molar-refractivity contribution in [3.05, 3.63) is 18.0 Å². The molecule has 1 aromatic heterocycles. The topological polar surface area (TPSA) is 29.9 Å². The minimum Gasteiger partial charge on any atom is -0.317 e. The average molecular weight is 277 g/mol. The van der Waals surface area contributed by atoms with Crippen molar-refractivity contribution in [2.45, 2.75) is 59.4 Å². The van der Waals surface area contributed by atoms with E-state index in [2.05, 4.69) is 48.9 Å². The number of nitrogens with zero attached hydrogens (tertiary/aromatic N) is 2. The molecule has 3 heteroatoms. The molecule has 3 nitrogen and oxygen atoms in total. The van der Waals surface area contributed by atoms with Gasteiger partial charge in [-0.1, -0.05) is 20.8 Å². The molecule has 0 spiro atoms. The van der Waals surface area contributed by atoms with Gasteiger partial charge in [0.25, 0.3) is 0 Å². The molecular formula is C17H31N3. The number of nitrogens with one attached hydrogen (secondary N) is 1. The summed E-state index contributed by atoms with van der Waals surface area (Å²) in [6, 6.07) is 2.25. The van der Waals surface area contributed by atoms with Gasteiger partial charge in [0.1, 0.15) is 0 Å². The Morgan fingerprint density at radius 3 is 2.80 bits per heavy atom. The van der Waals surface area contributed by atoms with Gasteiger partial charge in [-0.2, -0.15) is 5.10 Å². The Morgan fingerprint density at radius 2 is 2.15 bits per heavy atom. The Balaban J connectivity index is 2.16. The van der Waals surface area contributed by atoms with E-state index >= 15 is 0 Å². The lowest BCUT2D eigenvalue weighted by atomic mass is 9.69. The molecular weight excluding hydrogens is 246 g/mol. The van der Waals surface area contributed by atoms with E-state index in [-0.39, 0.29) is 0 Å². The SMILES string of the molecule is CCNCC1CCC(C(C)C)CC1c1ccnn1CC. The summed E-state index contributed by atoms with van der Waals surface area (Å²) in [6.07, 6.45) is 6.06. The van der Waals surface area contributed by atoms with Gasteiger partial charge >= 0.3 is 0 Å². The molecule has 20 heavy (non-hydrogen) atoms. The molecule has 114 valence electrons. The summed E-state index contributed by atoms with van der Waals surface area (Å²) in [5.41, 5.74) is 1.46. The van der Waals surface area contributed by atoms with Gasteiger partial charge in [-0.05, 0) is 63.1 Å². The van der Waals surface area contributed by atoms with E-state index in [0.717, 1.165) is 37.4 Å². The Kier molecular flexibility index (Phi) is 5.64. The molecule has 0 aliphatic heterocycles. The third kappa shape index (κ3) is 3.43. The molecule has 1 N–H and O–H groups in total. The third-order valence-corrected chi connectivity index (χ3v) is 5.06. The van der Waals surface area contributed by atoms with Crippen molar-refractivity contribution in [1.82, 2.24) is 15.1 Å². The fourth-order valence-electron chi connectivity index (χ4n) is 3.73. The number of aromatic nitrogens is 2. The van der Waals surface area contributed by atoms with E-state index in [1.807, 2.05) is 6.20 Å². The van der Waals surface area contributed by atoms with Crippen LogP contribution in [0.3, 0.4) is 0 Å². The zero-order valence-electron chi connectivity index (χ0n) is 13.6. The van der Waals surface area contributed by atoms with E-state index in [9.17, 15) is 0 Å². The van der Waals surface area contributed by atoms with Gasteiger partial charge in [0.15, 0.2) is 0 Å². The fraction of sp³-hybridized carbons (Fsp3) is 0.824. The van der Waals surface area contributed by atoms with E-state index in [4.69, 9.17) is 0 Å². The Labute approximate surface area is 124 Å². The first kappa shape index (κ1) is 15.6. The monoisotopic (exact) mass is 277 g/mol. The Hall–Kier alpha value is -0.830. The molecule has 1 aliphatic rings. The van der Waals surface area contributed by atoms with Crippen molar-refractivity contribution in [2.75, 3.05) is 13.1 Å². The van der Waals surface area contributed by atoms with E-state index in [1.54, 1.807) is 0 Å². The van der Waals surface area contributed by atoms with E-state index < -0.39 is 0 Å². The molecule has 1 saturated carbocycles. The molecule has 0 amide bonds. The lowest BCUT2D eigenvalue weighted by Gasteiger charge is -2.38. The quantitative estimate of drug-likeness (QED) is 0.860. The van der Waals surface area contributed by atoms with Crippen LogP contribution < -0.4 is 5.32 Å². The lowest BCUT2D eigenvalue weighted by molar-refractivity contribution is 0.185. The predicted molar refractivity (Wildman–Crippen MR) is 84.9 cm³/mol. The maximum absolute atomic E-state index is 4.49. The number of hydrogen-bond acceptors (Lipinski definition) is 2. The third-order valence-electron chi connectivity index (χ3n) is 5.06. The van der Waals surface area contributed by atoms with Gasteiger partial charge in [0.05, 0.1) is 0 Å². The Morgan fingerprint density at radius 1 is 1.35 bits per heavy atom. The van der Waals surface area contributed by atoms with Crippen molar-refractivity contribution in [3.8, 4) is 0 Å². The molecule has 1 aromatic rings. The highest BCUT2D eigenvalue weighted by Gasteiger charge is 2.33. The van der Waals surface area contributed by atoms with Crippen LogP contribution in [0.2, 0.25) is 0 Å². The first-order valence-corrected chi connectivity index (χ1v) is 8.39. The number of aryl methyl sites for hydroxylation is 1. The highest BCUT2D eigenvalue weighted by atomic mass is 15.3. The summed E-state index contributed by atoms with van der Waals surface area (Å²) < 4.78 is 2.20. The first-order chi connectivity index (χ1) is 9.67. The standard InChI is InChI=1S/C17H31N3/c1-5-18-12-15-8-7-14(13(3)4)11-16(15)17-9-10-19-20(17)6-2/h9-10,13-16,18H,5-8,11-12H2,1-4H3. The van der Waals surface area contributed by atoms with Crippen LogP contribution in [0.5, 0.6) is 0 Å². The Bertz CT molecular complexity index is 397. The van der Waals surface area contributed by atoms with Crippen molar-refractivity contribution in [1.29, 1.82) is 0 Å². The molecule has 1 aliphatic carbocycles. The van der Waals surface area contributed by atoms with Crippen LogP contribution in [0.1, 0.15) is 58.6 Å². The van der Waals surface area contributed by atoms with Gasteiger partial charge in [-0.25, -0.2) is 0 Å². The first-order valence-electron chi connectivity index (χ1n) is 8.39. The van der Waals surface area contributed by atoms with Gasteiger partial charge in [-0.15, -0.1) is 0 Å². The second-order valence-electron chi connectivity index (χ2n) is 6.56. The van der Waals surface area contributed by atoms with E-state index in [1.165, 1.54) is 25.0 Å². The predicted octanol–water partition coefficient (Wildman–Crippen LogP) is 3.67. The van der Waals surface area contributed by atoms with Crippen LogP contribution in [0.25, 0.3) is 0 Å². The number of rotatable bonds is 6. The average Bonchev–Trinajstić information content (AvgIpc) is 2.93. The molecule has 1 fully saturated rings. The minimum absolute atomic E-state index is 0.678. The van der Waals surface area contributed by atoms with Gasteiger partial charge in [0.2, 0.25) is 0 Å².